The van der Waals surface area contributed by atoms with Crippen molar-refractivity contribution in [3.8, 4) is 11.4 Å². The molecule has 2 aliphatic heterocycles. The van der Waals surface area contributed by atoms with Crippen molar-refractivity contribution in [2.75, 3.05) is 26.7 Å². The molecule has 2 aliphatic rings. The van der Waals surface area contributed by atoms with E-state index in [0.717, 1.165) is 42.0 Å². The van der Waals surface area contributed by atoms with Crippen LogP contribution in [0.3, 0.4) is 0 Å². The second-order valence-corrected chi connectivity index (χ2v) is 9.59. The summed E-state index contributed by atoms with van der Waals surface area (Å²) in [5.74, 6) is -3.53. The van der Waals surface area contributed by atoms with E-state index in [0.29, 0.717) is 30.8 Å². The van der Waals surface area contributed by atoms with Crippen LogP contribution in [0.2, 0.25) is 0 Å². The molecule has 2 saturated heterocycles. The summed E-state index contributed by atoms with van der Waals surface area (Å²) in [5.41, 5.74) is 3.39. The number of hydrogen-bond donors (Lipinski definition) is 0. The summed E-state index contributed by atoms with van der Waals surface area (Å²) in [5, 5.41) is 0. The number of fused-ring (bicyclic) bond motifs is 1. The number of halogens is 3. The smallest absolute Gasteiger partial charge is 0.250 e. The fourth-order valence-electron chi connectivity index (χ4n) is 5.36. The van der Waals surface area contributed by atoms with Crippen LogP contribution < -0.4 is 4.74 Å². The fraction of sp³-hybridized carbons (Fsp3) is 0.357. The van der Waals surface area contributed by atoms with E-state index in [-0.39, 0.29) is 17.5 Å². The highest BCUT2D eigenvalue weighted by molar-refractivity contribution is 5.99. The van der Waals surface area contributed by atoms with Gasteiger partial charge in [-0.25, -0.2) is 18.2 Å². The normalized spacial score (nSPS) is 21.4. The first-order chi connectivity index (χ1) is 17.8. The van der Waals surface area contributed by atoms with E-state index in [4.69, 9.17) is 4.74 Å². The van der Waals surface area contributed by atoms with Crippen molar-refractivity contribution in [3.63, 3.8) is 0 Å². The Morgan fingerprint density at radius 1 is 1.14 bits per heavy atom. The molecule has 0 bridgehead atoms. The van der Waals surface area contributed by atoms with Crippen molar-refractivity contribution in [3.05, 3.63) is 82.7 Å². The van der Waals surface area contributed by atoms with Gasteiger partial charge in [-0.15, -0.1) is 0 Å². The molecule has 1 aromatic heterocycles. The Hall–Kier alpha value is -3.59. The highest BCUT2D eigenvalue weighted by Crippen LogP contribution is 2.38. The second kappa shape index (κ2) is 10.0. The lowest BCUT2D eigenvalue weighted by molar-refractivity contribution is -0.139. The number of nitrogens with zero attached hydrogens (tertiary/aromatic N) is 4. The van der Waals surface area contributed by atoms with Gasteiger partial charge in [-0.05, 0) is 67.8 Å². The molecule has 0 aliphatic carbocycles. The van der Waals surface area contributed by atoms with Gasteiger partial charge in [0.1, 0.15) is 5.75 Å². The molecule has 5 rings (SSSR count). The molecule has 3 heterocycles. The number of piperazine rings is 1. The first-order valence-corrected chi connectivity index (χ1v) is 12.4. The van der Waals surface area contributed by atoms with Crippen molar-refractivity contribution in [2.24, 2.45) is 0 Å². The summed E-state index contributed by atoms with van der Waals surface area (Å²) in [6.07, 6.45) is 6.77. The number of ether oxygens (including phenoxy) is 1. The summed E-state index contributed by atoms with van der Waals surface area (Å²) >= 11 is 0. The third-order valence-electron chi connectivity index (χ3n) is 7.26. The van der Waals surface area contributed by atoms with Gasteiger partial charge in [-0.1, -0.05) is 13.0 Å². The van der Waals surface area contributed by atoms with Crippen LogP contribution in [0.25, 0.3) is 11.8 Å². The molecule has 0 radical (unpaired) electrons. The molecule has 6 nitrogen and oxygen atoms in total. The molecular weight excluding hydrogens is 481 g/mol. The average Bonchev–Trinajstić information content (AvgIpc) is 3.33. The molecule has 1 amide bonds. The van der Waals surface area contributed by atoms with Gasteiger partial charge >= 0.3 is 0 Å². The van der Waals surface area contributed by atoms with E-state index in [1.54, 1.807) is 18.3 Å². The Bertz CT molecular complexity index is 1350. The van der Waals surface area contributed by atoms with Crippen LogP contribution in [0.1, 0.15) is 42.6 Å². The van der Waals surface area contributed by atoms with Crippen LogP contribution in [-0.2, 0) is 4.79 Å². The van der Waals surface area contributed by atoms with Gasteiger partial charge in [0.15, 0.2) is 17.5 Å². The number of methoxy groups -OCH3 is 1. The first-order valence-electron chi connectivity index (χ1n) is 12.4. The number of aromatic nitrogens is 2. The summed E-state index contributed by atoms with van der Waals surface area (Å²) in [7, 11) is 1.59. The number of aryl methyl sites for hydroxylation is 1. The quantitative estimate of drug-likeness (QED) is 0.356. The summed E-state index contributed by atoms with van der Waals surface area (Å²) in [4.78, 5) is 21.9. The minimum absolute atomic E-state index is 0.0964. The largest absolute Gasteiger partial charge is 0.495 e. The summed E-state index contributed by atoms with van der Waals surface area (Å²) in [6, 6.07) is 7.03. The fourth-order valence-corrected chi connectivity index (χ4v) is 5.36. The standard InChI is InChI=1S/C28H29F3N4O2/c1-4-33-14-21-7-6-19(9-18-5-8-24(26(10-18)37-3)34-13-17(2)32-16-34)28(36)35(21)25(15-33)20-11-22(29)27(31)23(30)12-20/h5,8-13,16,21,25H,4,6-7,14-15H2,1-3H3/t21-,25+/m1/s1. The maximum absolute atomic E-state index is 14.1. The lowest BCUT2D eigenvalue weighted by Gasteiger charge is -2.49. The van der Waals surface area contributed by atoms with Crippen LogP contribution in [0.15, 0.2) is 48.4 Å². The van der Waals surface area contributed by atoms with Gasteiger partial charge in [0.25, 0.3) is 5.91 Å². The van der Waals surface area contributed by atoms with Crippen LogP contribution in [0.5, 0.6) is 5.75 Å². The third kappa shape index (κ3) is 4.75. The van der Waals surface area contributed by atoms with E-state index < -0.39 is 23.5 Å². The van der Waals surface area contributed by atoms with Gasteiger partial charge < -0.3 is 14.2 Å². The predicted molar refractivity (Wildman–Crippen MR) is 134 cm³/mol. The van der Waals surface area contributed by atoms with Gasteiger partial charge in [0.2, 0.25) is 0 Å². The van der Waals surface area contributed by atoms with E-state index in [9.17, 15) is 18.0 Å². The van der Waals surface area contributed by atoms with Gasteiger partial charge in [0, 0.05) is 30.9 Å². The number of benzene rings is 2. The van der Waals surface area contributed by atoms with E-state index in [1.165, 1.54) is 0 Å². The number of amides is 1. The Morgan fingerprint density at radius 2 is 1.89 bits per heavy atom. The van der Waals surface area contributed by atoms with Crippen LogP contribution >= 0.6 is 0 Å². The maximum atomic E-state index is 14.1. The van der Waals surface area contributed by atoms with Crippen molar-refractivity contribution >= 4 is 12.0 Å². The molecule has 9 heteroatoms. The molecule has 0 unspecified atom stereocenters. The Morgan fingerprint density at radius 3 is 2.54 bits per heavy atom. The van der Waals surface area contributed by atoms with Crippen molar-refractivity contribution in [2.45, 2.75) is 38.8 Å². The zero-order chi connectivity index (χ0) is 26.3. The minimum atomic E-state index is -1.50. The minimum Gasteiger partial charge on any atom is -0.495 e. The van der Waals surface area contributed by atoms with Gasteiger partial charge in [0.05, 0.1) is 30.9 Å². The highest BCUT2D eigenvalue weighted by atomic mass is 19.2. The zero-order valence-electron chi connectivity index (χ0n) is 21.0. The molecule has 0 saturated carbocycles. The molecule has 37 heavy (non-hydrogen) atoms. The number of carbonyl (C=O) groups is 1. The monoisotopic (exact) mass is 510 g/mol. The van der Waals surface area contributed by atoms with Crippen LogP contribution in [0.4, 0.5) is 13.2 Å². The number of rotatable bonds is 5. The lowest BCUT2D eigenvalue weighted by atomic mass is 9.88. The van der Waals surface area contributed by atoms with Crippen molar-refractivity contribution in [1.82, 2.24) is 19.4 Å². The highest BCUT2D eigenvalue weighted by Gasteiger charge is 2.42. The molecule has 0 spiro atoms. The zero-order valence-corrected chi connectivity index (χ0v) is 21.0. The number of imidazole rings is 1. The second-order valence-electron chi connectivity index (χ2n) is 9.59. The Balaban J connectivity index is 1.48. The number of likely N-dealkylation sites (N-methyl/N-ethyl adjacent to an activating group) is 1. The SMILES string of the molecule is CCN1C[C@H]2CCC(=Cc3ccc(-n4cnc(C)c4)c(OC)c3)C(=O)N2[C@H](c2cc(F)c(F)c(F)c2)C1. The molecular formula is C28H29F3N4O2. The molecule has 2 atom stereocenters. The predicted octanol–water partition coefficient (Wildman–Crippen LogP) is 5.06. The topological polar surface area (TPSA) is 50.6 Å². The average molecular weight is 511 g/mol. The van der Waals surface area contributed by atoms with Gasteiger partial charge in [-0.3, -0.25) is 9.69 Å². The van der Waals surface area contributed by atoms with E-state index >= 15 is 0 Å². The summed E-state index contributed by atoms with van der Waals surface area (Å²) < 4.78 is 49.4. The number of hydrogen-bond acceptors (Lipinski definition) is 4. The summed E-state index contributed by atoms with van der Waals surface area (Å²) in [6.45, 7) is 5.77. The van der Waals surface area contributed by atoms with Crippen LogP contribution in [-0.4, -0.2) is 58.0 Å². The maximum Gasteiger partial charge on any atom is 0.250 e. The number of piperidine rings is 1. The Kier molecular flexibility index (Phi) is 6.81. The van der Waals surface area contributed by atoms with E-state index in [2.05, 4.69) is 9.88 Å². The van der Waals surface area contributed by atoms with Crippen LogP contribution in [0, 0.1) is 24.4 Å². The van der Waals surface area contributed by atoms with Crippen molar-refractivity contribution in [1.29, 1.82) is 0 Å². The molecule has 2 fully saturated rings. The molecule has 2 aromatic carbocycles. The first kappa shape index (κ1) is 25.1. The molecule has 194 valence electrons. The van der Waals surface area contributed by atoms with Crippen molar-refractivity contribution < 1.29 is 22.7 Å². The third-order valence-corrected chi connectivity index (χ3v) is 7.26. The molecule has 0 N–H and O–H groups in total. The lowest BCUT2D eigenvalue weighted by Crippen LogP contribution is -2.58. The molecule has 3 aromatic rings. The Labute approximate surface area is 214 Å². The van der Waals surface area contributed by atoms with E-state index in [1.807, 2.05) is 48.9 Å². The number of carbonyl (C=O) groups excluding carboxylic acids is 1. The van der Waals surface area contributed by atoms with Gasteiger partial charge in [-0.2, -0.15) is 0 Å².